The minimum absolute atomic E-state index is 0.137. The summed E-state index contributed by atoms with van der Waals surface area (Å²) in [4.78, 5) is 29.2. The zero-order chi connectivity index (χ0) is 13.9. The molecule has 2 amide bonds. The topological polar surface area (TPSA) is 49.9 Å². The van der Waals surface area contributed by atoms with Gasteiger partial charge in [0.25, 0.3) is 0 Å². The van der Waals surface area contributed by atoms with Gasteiger partial charge >= 0.3 is 0 Å². The Bertz CT molecular complexity index is 452. The predicted molar refractivity (Wildman–Crippen MR) is 72.0 cm³/mol. The van der Waals surface area contributed by atoms with Gasteiger partial charge < -0.3 is 14.5 Å². The van der Waals surface area contributed by atoms with Gasteiger partial charge in [-0.15, -0.1) is 0 Å². The molecule has 0 aliphatic carbocycles. The van der Waals surface area contributed by atoms with E-state index in [9.17, 15) is 9.59 Å². The fraction of sp³-hybridized carbons (Fsp3) is 0.867. The second kappa shape index (κ2) is 4.45. The molecular weight excluding hydrogens is 256 g/mol. The lowest BCUT2D eigenvalue weighted by molar-refractivity contribution is -0.163. The summed E-state index contributed by atoms with van der Waals surface area (Å²) in [6, 6.07) is -0.313. The summed E-state index contributed by atoms with van der Waals surface area (Å²) in [5.41, 5.74) is 0. The first kappa shape index (κ1) is 12.6. The Morgan fingerprint density at radius 3 is 2.70 bits per heavy atom. The predicted octanol–water partition coefficient (Wildman–Crippen LogP) is 0.918. The van der Waals surface area contributed by atoms with E-state index in [4.69, 9.17) is 4.74 Å². The van der Waals surface area contributed by atoms with Crippen LogP contribution in [0.25, 0.3) is 0 Å². The molecule has 0 radical (unpaired) electrons. The molecule has 0 saturated carbocycles. The van der Waals surface area contributed by atoms with E-state index < -0.39 is 0 Å². The van der Waals surface area contributed by atoms with Crippen molar-refractivity contribution in [3.05, 3.63) is 0 Å². The molecule has 4 aliphatic heterocycles. The first-order valence-corrected chi connectivity index (χ1v) is 7.98. The number of rotatable bonds is 2. The van der Waals surface area contributed by atoms with Crippen molar-refractivity contribution in [3.63, 3.8) is 0 Å². The third kappa shape index (κ3) is 1.59. The molecule has 0 N–H and O–H groups in total. The number of piperazine rings is 1. The first-order valence-electron chi connectivity index (χ1n) is 7.98. The van der Waals surface area contributed by atoms with Crippen LogP contribution in [0.3, 0.4) is 0 Å². The molecular formula is C15H22N2O3. The highest BCUT2D eigenvalue weighted by Gasteiger charge is 2.54. The standard InChI is InChI=1S/C15H22N2O3/c1-2-10-14(18)16-7-3-4-11(16)15(19)17(10)12-8-9-5-6-13(12)20-9/h9-13H,2-8H2,1H3. The molecule has 0 spiro atoms. The van der Waals surface area contributed by atoms with Crippen molar-refractivity contribution in [1.29, 1.82) is 0 Å². The molecule has 5 atom stereocenters. The Balaban J connectivity index is 1.65. The maximum absolute atomic E-state index is 12.9. The number of hydrogen-bond donors (Lipinski definition) is 0. The summed E-state index contributed by atoms with van der Waals surface area (Å²) in [5, 5.41) is 0. The van der Waals surface area contributed by atoms with Crippen LogP contribution >= 0.6 is 0 Å². The van der Waals surface area contributed by atoms with Crippen LogP contribution in [0, 0.1) is 0 Å². The van der Waals surface area contributed by atoms with Gasteiger partial charge in [0.15, 0.2) is 0 Å². The smallest absolute Gasteiger partial charge is 0.246 e. The van der Waals surface area contributed by atoms with Crippen molar-refractivity contribution in [2.24, 2.45) is 0 Å². The normalized spacial score (nSPS) is 43.5. The Morgan fingerprint density at radius 1 is 1.20 bits per heavy atom. The third-order valence-corrected chi connectivity index (χ3v) is 5.51. The number of nitrogens with zero attached hydrogens (tertiary/aromatic N) is 2. The van der Waals surface area contributed by atoms with E-state index in [1.54, 1.807) is 0 Å². The van der Waals surface area contributed by atoms with Crippen molar-refractivity contribution in [3.8, 4) is 0 Å². The monoisotopic (exact) mass is 278 g/mol. The minimum atomic E-state index is -0.259. The zero-order valence-corrected chi connectivity index (χ0v) is 12.0. The van der Waals surface area contributed by atoms with Gasteiger partial charge in [0.05, 0.1) is 18.2 Å². The van der Waals surface area contributed by atoms with Crippen molar-refractivity contribution < 1.29 is 14.3 Å². The van der Waals surface area contributed by atoms with Crippen LogP contribution in [0.4, 0.5) is 0 Å². The van der Waals surface area contributed by atoms with E-state index in [2.05, 4.69) is 0 Å². The maximum Gasteiger partial charge on any atom is 0.246 e. The molecule has 0 aromatic carbocycles. The Hall–Kier alpha value is -1.10. The van der Waals surface area contributed by atoms with Crippen LogP contribution in [0.15, 0.2) is 0 Å². The van der Waals surface area contributed by atoms with Crippen molar-refractivity contribution >= 4 is 11.8 Å². The van der Waals surface area contributed by atoms with E-state index in [-0.39, 0.29) is 36.0 Å². The molecule has 4 rings (SSSR count). The van der Waals surface area contributed by atoms with Crippen molar-refractivity contribution in [1.82, 2.24) is 9.80 Å². The highest BCUT2D eigenvalue weighted by molar-refractivity contribution is 5.97. The molecule has 4 heterocycles. The maximum atomic E-state index is 12.9. The van der Waals surface area contributed by atoms with Crippen molar-refractivity contribution in [2.45, 2.75) is 75.8 Å². The minimum Gasteiger partial charge on any atom is -0.373 e. The van der Waals surface area contributed by atoms with Crippen LogP contribution in [-0.4, -0.2) is 58.5 Å². The van der Waals surface area contributed by atoms with Gasteiger partial charge in [-0.25, -0.2) is 0 Å². The molecule has 110 valence electrons. The Kier molecular flexibility index (Phi) is 2.81. The number of amides is 2. The van der Waals surface area contributed by atoms with E-state index >= 15 is 0 Å². The molecule has 4 aliphatic rings. The molecule has 4 saturated heterocycles. The molecule has 0 aromatic rings. The molecule has 2 bridgehead atoms. The van der Waals surface area contributed by atoms with Gasteiger partial charge in [0.2, 0.25) is 11.8 Å². The summed E-state index contributed by atoms with van der Waals surface area (Å²) < 4.78 is 5.91. The number of hydrogen-bond acceptors (Lipinski definition) is 3. The third-order valence-electron chi connectivity index (χ3n) is 5.51. The van der Waals surface area contributed by atoms with Gasteiger partial charge in [0.1, 0.15) is 12.1 Å². The van der Waals surface area contributed by atoms with Crippen LogP contribution in [-0.2, 0) is 14.3 Å². The summed E-state index contributed by atoms with van der Waals surface area (Å²) in [5.74, 6) is 0.340. The summed E-state index contributed by atoms with van der Waals surface area (Å²) in [6.07, 6.45) is 6.06. The average Bonchev–Trinajstić information content (AvgIpc) is 3.16. The van der Waals surface area contributed by atoms with Gasteiger partial charge in [-0.05, 0) is 38.5 Å². The fourth-order valence-electron chi connectivity index (χ4n) is 4.59. The molecule has 5 unspecified atom stereocenters. The summed E-state index contributed by atoms with van der Waals surface area (Å²) >= 11 is 0. The quantitative estimate of drug-likeness (QED) is 0.754. The molecule has 5 heteroatoms. The summed E-state index contributed by atoms with van der Waals surface area (Å²) in [7, 11) is 0. The van der Waals surface area contributed by atoms with E-state index in [0.29, 0.717) is 12.5 Å². The largest absolute Gasteiger partial charge is 0.373 e. The van der Waals surface area contributed by atoms with E-state index in [1.165, 1.54) is 0 Å². The number of carbonyl (C=O) groups is 2. The van der Waals surface area contributed by atoms with Crippen LogP contribution in [0.1, 0.15) is 45.4 Å². The molecule has 20 heavy (non-hydrogen) atoms. The summed E-state index contributed by atoms with van der Waals surface area (Å²) in [6.45, 7) is 2.76. The highest BCUT2D eigenvalue weighted by Crippen LogP contribution is 2.40. The van der Waals surface area contributed by atoms with E-state index in [1.807, 2.05) is 16.7 Å². The zero-order valence-electron chi connectivity index (χ0n) is 12.0. The Morgan fingerprint density at radius 2 is 2.05 bits per heavy atom. The number of fused-ring (bicyclic) bond motifs is 3. The average molecular weight is 278 g/mol. The SMILES string of the molecule is CCC1C(=O)N2CCCC2C(=O)N1C1CC2CCC1O2. The van der Waals surface area contributed by atoms with E-state index in [0.717, 1.165) is 38.6 Å². The lowest BCUT2D eigenvalue weighted by Gasteiger charge is -2.46. The van der Waals surface area contributed by atoms with Gasteiger partial charge in [0, 0.05) is 6.54 Å². The lowest BCUT2D eigenvalue weighted by atomic mass is 9.90. The second-order valence-corrected chi connectivity index (χ2v) is 6.54. The van der Waals surface area contributed by atoms with Crippen LogP contribution < -0.4 is 0 Å². The van der Waals surface area contributed by atoms with Gasteiger partial charge in [-0.3, -0.25) is 9.59 Å². The Labute approximate surface area is 119 Å². The second-order valence-electron chi connectivity index (χ2n) is 6.54. The van der Waals surface area contributed by atoms with Gasteiger partial charge in [-0.1, -0.05) is 6.92 Å². The lowest BCUT2D eigenvalue weighted by Crippen LogP contribution is -2.66. The number of ether oxygens (including phenoxy) is 1. The molecule has 5 nitrogen and oxygen atoms in total. The number of carbonyl (C=O) groups excluding carboxylic acids is 2. The first-order chi connectivity index (χ1) is 9.70. The molecule has 4 fully saturated rings. The van der Waals surface area contributed by atoms with Crippen LogP contribution in [0.5, 0.6) is 0 Å². The fourth-order valence-corrected chi connectivity index (χ4v) is 4.59. The van der Waals surface area contributed by atoms with Crippen LogP contribution in [0.2, 0.25) is 0 Å². The highest BCUT2D eigenvalue weighted by atomic mass is 16.5. The van der Waals surface area contributed by atoms with Crippen molar-refractivity contribution in [2.75, 3.05) is 6.54 Å². The van der Waals surface area contributed by atoms with Gasteiger partial charge in [-0.2, -0.15) is 0 Å². The molecule has 0 aromatic heterocycles.